The average Bonchev–Trinajstić information content (AvgIpc) is 3.59. The molecule has 8 aromatic rings. The van der Waals surface area contributed by atoms with E-state index in [0.717, 1.165) is 33.3 Å². The van der Waals surface area contributed by atoms with E-state index in [0.29, 0.717) is 0 Å². The fraction of sp³-hybridized carbons (Fsp3) is 0.276. The molecule has 3 heterocycles. The van der Waals surface area contributed by atoms with Gasteiger partial charge in [-0.05, 0) is 114 Å². The summed E-state index contributed by atoms with van der Waals surface area (Å²) in [5, 5.41) is 2.27. The van der Waals surface area contributed by atoms with E-state index in [2.05, 4.69) is 232 Å². The Morgan fingerprint density at radius 1 is 0.403 bits per heavy atom. The van der Waals surface area contributed by atoms with Gasteiger partial charge in [0.1, 0.15) is 11.2 Å². The summed E-state index contributed by atoms with van der Waals surface area (Å²) in [6.07, 6.45) is 0. The smallest absolute Gasteiger partial charge is 0.333 e. The monoisotopic (exact) mass is 810 g/mol. The predicted molar refractivity (Wildman–Crippen MR) is 268 cm³/mol. The number of para-hydroxylation sites is 1. The van der Waals surface area contributed by atoms with Crippen molar-refractivity contribution >= 4 is 68.1 Å². The first-order valence-electron chi connectivity index (χ1n) is 22.5. The molecule has 62 heavy (non-hydrogen) atoms. The zero-order valence-corrected chi connectivity index (χ0v) is 38.7. The van der Waals surface area contributed by atoms with Gasteiger partial charge in [0.05, 0.1) is 5.69 Å². The van der Waals surface area contributed by atoms with Crippen LogP contribution >= 0.6 is 0 Å². The molecule has 0 spiro atoms. The highest BCUT2D eigenvalue weighted by Crippen LogP contribution is 2.51. The Labute approximate surface area is 369 Å². The summed E-state index contributed by atoms with van der Waals surface area (Å²) in [6, 6.07) is 53.1. The molecular weight excluding hydrogens is 751 g/mol. The Kier molecular flexibility index (Phi) is 8.89. The van der Waals surface area contributed by atoms with E-state index < -0.39 is 0 Å². The molecular formula is C58H59BN2O. The minimum Gasteiger partial charge on any atom is -0.456 e. The zero-order chi connectivity index (χ0) is 43.7. The maximum atomic E-state index is 6.77. The lowest BCUT2D eigenvalue weighted by molar-refractivity contribution is 0.589. The van der Waals surface area contributed by atoms with Crippen molar-refractivity contribution in [3.05, 3.63) is 162 Å². The zero-order valence-electron chi connectivity index (χ0n) is 38.7. The number of hydrogen-bond donors (Lipinski definition) is 0. The molecule has 0 saturated carbocycles. The van der Waals surface area contributed by atoms with E-state index in [4.69, 9.17) is 4.42 Å². The normalized spacial score (nSPS) is 14.0. The summed E-state index contributed by atoms with van der Waals surface area (Å²) >= 11 is 0. The van der Waals surface area contributed by atoms with Crippen molar-refractivity contribution in [3.8, 4) is 22.3 Å². The minimum absolute atomic E-state index is 0.0290. The van der Waals surface area contributed by atoms with Crippen LogP contribution in [0, 0.1) is 0 Å². The molecule has 0 fully saturated rings. The van der Waals surface area contributed by atoms with Gasteiger partial charge in [0, 0.05) is 50.7 Å². The van der Waals surface area contributed by atoms with Crippen molar-refractivity contribution < 1.29 is 4.42 Å². The molecule has 7 aromatic carbocycles. The highest BCUT2D eigenvalue weighted by molar-refractivity contribution is 6.93. The van der Waals surface area contributed by atoms with Crippen molar-refractivity contribution in [3.63, 3.8) is 0 Å². The van der Waals surface area contributed by atoms with Crippen molar-refractivity contribution in [1.82, 2.24) is 0 Å². The van der Waals surface area contributed by atoms with E-state index in [1.165, 1.54) is 72.5 Å². The summed E-state index contributed by atoms with van der Waals surface area (Å²) in [5.74, 6) is 0. The lowest BCUT2D eigenvalue weighted by Gasteiger charge is -2.47. The van der Waals surface area contributed by atoms with Crippen LogP contribution in [-0.4, -0.2) is 6.85 Å². The van der Waals surface area contributed by atoms with Crippen LogP contribution in [0.15, 0.2) is 144 Å². The molecule has 0 aliphatic carbocycles. The third-order valence-corrected chi connectivity index (χ3v) is 13.5. The Morgan fingerprint density at radius 3 is 1.61 bits per heavy atom. The summed E-state index contributed by atoms with van der Waals surface area (Å²) in [4.78, 5) is 5.22. The minimum atomic E-state index is -0.124. The van der Waals surface area contributed by atoms with E-state index in [-0.39, 0.29) is 28.5 Å². The van der Waals surface area contributed by atoms with Gasteiger partial charge in [-0.15, -0.1) is 0 Å². The van der Waals surface area contributed by atoms with Crippen LogP contribution in [0.2, 0.25) is 0 Å². The van der Waals surface area contributed by atoms with Gasteiger partial charge in [-0.2, -0.15) is 0 Å². The number of fused-ring (bicyclic) bond motifs is 7. The number of hydrogen-bond acceptors (Lipinski definition) is 3. The molecule has 4 heteroatoms. The molecule has 0 unspecified atom stereocenters. The molecule has 10 rings (SSSR count). The molecule has 310 valence electrons. The van der Waals surface area contributed by atoms with Gasteiger partial charge in [-0.1, -0.05) is 168 Å². The maximum Gasteiger partial charge on any atom is 0.333 e. The molecule has 2 aliphatic heterocycles. The Balaban J connectivity index is 1.38. The predicted octanol–water partition coefficient (Wildman–Crippen LogP) is 15.2. The Morgan fingerprint density at radius 2 is 0.968 bits per heavy atom. The fourth-order valence-electron chi connectivity index (χ4n) is 9.79. The molecule has 0 N–H and O–H groups in total. The lowest BCUT2D eigenvalue weighted by Crippen LogP contribution is -2.61. The quantitative estimate of drug-likeness (QED) is 0.166. The van der Waals surface area contributed by atoms with Gasteiger partial charge in [0.25, 0.3) is 0 Å². The number of rotatable bonds is 3. The topological polar surface area (TPSA) is 19.6 Å². The van der Waals surface area contributed by atoms with Crippen LogP contribution in [0.5, 0.6) is 0 Å². The van der Waals surface area contributed by atoms with Crippen LogP contribution in [0.1, 0.15) is 105 Å². The van der Waals surface area contributed by atoms with Gasteiger partial charge in [0.2, 0.25) is 0 Å². The molecule has 3 nitrogen and oxygen atoms in total. The van der Waals surface area contributed by atoms with Crippen LogP contribution in [-0.2, 0) is 21.7 Å². The van der Waals surface area contributed by atoms with Gasteiger partial charge in [-0.25, -0.2) is 0 Å². The van der Waals surface area contributed by atoms with Crippen LogP contribution < -0.4 is 20.6 Å². The van der Waals surface area contributed by atoms with E-state index in [1.54, 1.807) is 0 Å². The van der Waals surface area contributed by atoms with Crippen LogP contribution in [0.4, 0.5) is 28.4 Å². The molecule has 0 bridgehead atoms. The van der Waals surface area contributed by atoms with Crippen molar-refractivity contribution in [1.29, 1.82) is 0 Å². The molecule has 0 saturated heterocycles. The second-order valence-electron chi connectivity index (χ2n) is 21.9. The molecule has 0 radical (unpaired) electrons. The van der Waals surface area contributed by atoms with Crippen LogP contribution in [0.3, 0.4) is 0 Å². The second kappa shape index (κ2) is 13.8. The first-order chi connectivity index (χ1) is 29.3. The van der Waals surface area contributed by atoms with Gasteiger partial charge >= 0.3 is 6.85 Å². The molecule has 2 aliphatic rings. The van der Waals surface area contributed by atoms with Crippen molar-refractivity contribution in [2.24, 2.45) is 0 Å². The Bertz CT molecular complexity index is 3050. The maximum absolute atomic E-state index is 6.77. The van der Waals surface area contributed by atoms with Gasteiger partial charge in [-0.3, -0.25) is 0 Å². The van der Waals surface area contributed by atoms with E-state index >= 15 is 0 Å². The van der Waals surface area contributed by atoms with Gasteiger partial charge in [0.15, 0.2) is 0 Å². The number of benzene rings is 7. The number of furan rings is 1. The SMILES string of the molecule is CC(C)(C)c1ccc(N2B3c4cc5c(cc4N(c4ccc(C(C)(C)C)cc4-c4ccccc4)c4cc(C(C)(C)C)cc(c43)-c3cc(C(C)(C)C)ccc32)oc2ccccc25)cc1. The Hall–Kier alpha value is -6.00. The summed E-state index contributed by atoms with van der Waals surface area (Å²) < 4.78 is 6.77. The highest BCUT2D eigenvalue weighted by Gasteiger charge is 2.47. The van der Waals surface area contributed by atoms with Gasteiger partial charge < -0.3 is 14.1 Å². The van der Waals surface area contributed by atoms with Crippen molar-refractivity contribution in [2.45, 2.75) is 105 Å². The highest BCUT2D eigenvalue weighted by atomic mass is 16.3. The van der Waals surface area contributed by atoms with Crippen molar-refractivity contribution in [2.75, 3.05) is 9.71 Å². The van der Waals surface area contributed by atoms with E-state index in [9.17, 15) is 0 Å². The first-order valence-corrected chi connectivity index (χ1v) is 22.5. The third kappa shape index (κ3) is 6.48. The first kappa shape index (κ1) is 40.1. The summed E-state index contributed by atoms with van der Waals surface area (Å²) in [5.41, 5.74) is 20.4. The summed E-state index contributed by atoms with van der Waals surface area (Å²) in [6.45, 7) is 27.7. The second-order valence-corrected chi connectivity index (χ2v) is 21.9. The molecule has 0 atom stereocenters. The average molecular weight is 811 g/mol. The summed E-state index contributed by atoms with van der Waals surface area (Å²) in [7, 11) is 0. The largest absolute Gasteiger partial charge is 0.456 e. The standard InChI is InChI=1S/C58H59BN2O/c1-55(2,3)37-22-26-41(27-23-37)61-49-29-25-39(57(7,8)9)31-44(49)46-32-40(58(10,11)12)33-51-54(46)59(61)47-34-45-42-20-16-17-21-52(42)62-53(45)35-50(47)60(51)48-28-24-38(56(4,5)6)30-43(48)36-18-14-13-15-19-36/h13-35H,1-12H3. The molecule has 0 amide bonds. The fourth-order valence-corrected chi connectivity index (χ4v) is 9.79. The number of anilines is 5. The van der Waals surface area contributed by atoms with Crippen LogP contribution in [0.25, 0.3) is 44.2 Å². The van der Waals surface area contributed by atoms with E-state index in [1.807, 2.05) is 0 Å². The lowest BCUT2D eigenvalue weighted by atomic mass is 9.43. The molecule has 1 aromatic heterocycles. The third-order valence-electron chi connectivity index (χ3n) is 13.5. The number of nitrogens with zero attached hydrogens (tertiary/aromatic N) is 2.